The Morgan fingerprint density at radius 3 is 2.37 bits per heavy atom. The van der Waals surface area contributed by atoms with Gasteiger partial charge in [-0.25, -0.2) is 9.59 Å². The molecule has 0 aromatic rings. The highest BCUT2D eigenvalue weighted by Gasteiger charge is 2.23. The van der Waals surface area contributed by atoms with Crippen LogP contribution < -0.4 is 11.1 Å². The highest BCUT2D eigenvalue weighted by Crippen LogP contribution is 1.99. The monoisotopic (exact) mass is 275 g/mol. The Morgan fingerprint density at radius 1 is 1.37 bits per heavy atom. The van der Waals surface area contributed by atoms with Crippen LogP contribution in [-0.2, 0) is 19.1 Å². The molecule has 19 heavy (non-hydrogen) atoms. The van der Waals surface area contributed by atoms with Gasteiger partial charge in [-0.15, -0.1) is 0 Å². The molecule has 4 N–H and O–H groups in total. The number of primary amides is 1. The Bertz CT molecular complexity index is 370. The lowest BCUT2D eigenvalue weighted by molar-refractivity contribution is -0.141. The van der Waals surface area contributed by atoms with Crippen molar-refractivity contribution in [3.8, 4) is 0 Å². The number of nitrogens with zero attached hydrogens (tertiary/aromatic N) is 1. The smallest absolute Gasteiger partial charge is 0.326 e. The summed E-state index contributed by atoms with van der Waals surface area (Å²) in [5.74, 6) is -2.59. The summed E-state index contributed by atoms with van der Waals surface area (Å²) in [6.07, 6.45) is -0.291. The number of rotatable bonds is 7. The van der Waals surface area contributed by atoms with E-state index in [1.165, 1.54) is 14.2 Å². The number of likely N-dealkylation sites (N-methyl/N-ethyl adjacent to an activating group) is 1. The third-order valence-electron chi connectivity index (χ3n) is 2.22. The highest BCUT2D eigenvalue weighted by molar-refractivity contribution is 5.85. The van der Waals surface area contributed by atoms with Gasteiger partial charge in [0.15, 0.2) is 0 Å². The van der Waals surface area contributed by atoms with E-state index in [1.54, 1.807) is 0 Å². The lowest BCUT2D eigenvalue weighted by Crippen LogP contribution is -2.48. The van der Waals surface area contributed by atoms with Gasteiger partial charge in [0.25, 0.3) is 0 Å². The average molecular weight is 275 g/mol. The molecule has 9 heteroatoms. The molecule has 0 rings (SSSR count). The molecule has 0 aromatic carbocycles. The van der Waals surface area contributed by atoms with Gasteiger partial charge >= 0.3 is 18.0 Å². The fourth-order valence-corrected chi connectivity index (χ4v) is 1.13. The third kappa shape index (κ3) is 6.86. The van der Waals surface area contributed by atoms with Crippen molar-refractivity contribution in [1.29, 1.82) is 0 Å². The van der Waals surface area contributed by atoms with Crippen LogP contribution in [-0.4, -0.2) is 60.6 Å². The van der Waals surface area contributed by atoms with E-state index in [2.05, 4.69) is 10.1 Å². The molecule has 0 spiro atoms. The van der Waals surface area contributed by atoms with Crippen LogP contribution in [0.15, 0.2) is 0 Å². The summed E-state index contributed by atoms with van der Waals surface area (Å²) in [6, 6.07) is -2.01. The van der Waals surface area contributed by atoms with E-state index in [9.17, 15) is 19.2 Å². The number of amides is 3. The predicted molar refractivity (Wildman–Crippen MR) is 63.0 cm³/mol. The zero-order valence-electron chi connectivity index (χ0n) is 10.7. The van der Waals surface area contributed by atoms with Crippen LogP contribution in [0.5, 0.6) is 0 Å². The SMILES string of the molecule is COC(=O)CN(C)C(=O)N[C@@H](CCC(N)=O)C(=O)O. The van der Waals surface area contributed by atoms with E-state index in [0.29, 0.717) is 0 Å². The molecule has 0 saturated heterocycles. The van der Waals surface area contributed by atoms with Crippen molar-refractivity contribution in [2.24, 2.45) is 5.73 Å². The topological polar surface area (TPSA) is 139 Å². The molecule has 0 bridgehead atoms. The minimum atomic E-state index is -1.29. The first-order valence-electron chi connectivity index (χ1n) is 5.37. The average Bonchev–Trinajstić information content (AvgIpc) is 2.32. The minimum Gasteiger partial charge on any atom is -0.480 e. The maximum Gasteiger partial charge on any atom is 0.326 e. The van der Waals surface area contributed by atoms with Crippen molar-refractivity contribution in [2.45, 2.75) is 18.9 Å². The van der Waals surface area contributed by atoms with Gasteiger partial charge in [-0.2, -0.15) is 0 Å². The van der Waals surface area contributed by atoms with Gasteiger partial charge in [-0.3, -0.25) is 9.59 Å². The molecule has 9 nitrogen and oxygen atoms in total. The maximum absolute atomic E-state index is 11.6. The zero-order chi connectivity index (χ0) is 15.0. The number of carbonyl (C=O) groups is 4. The first-order chi connectivity index (χ1) is 8.77. The minimum absolute atomic E-state index is 0.123. The predicted octanol–water partition coefficient (Wildman–Crippen LogP) is -1.48. The number of methoxy groups -OCH3 is 1. The molecule has 0 aliphatic carbocycles. The Kier molecular flexibility index (Phi) is 6.94. The summed E-state index contributed by atoms with van der Waals surface area (Å²) in [5, 5.41) is 11.0. The molecule has 108 valence electrons. The molecule has 0 radical (unpaired) electrons. The van der Waals surface area contributed by atoms with Gasteiger partial charge in [0.05, 0.1) is 7.11 Å². The number of nitrogens with two attached hydrogens (primary N) is 1. The van der Waals surface area contributed by atoms with E-state index < -0.39 is 29.9 Å². The fraction of sp³-hybridized carbons (Fsp3) is 0.600. The summed E-state index contributed by atoms with van der Waals surface area (Å²) < 4.78 is 4.36. The van der Waals surface area contributed by atoms with E-state index in [-0.39, 0.29) is 19.4 Å². The second kappa shape index (κ2) is 7.90. The number of aliphatic carboxylic acids is 1. The molecular weight excluding hydrogens is 258 g/mol. The lowest BCUT2D eigenvalue weighted by atomic mass is 10.1. The Balaban J connectivity index is 4.41. The number of carbonyl (C=O) groups excluding carboxylic acids is 3. The molecule has 0 aliphatic rings. The second-order valence-corrected chi connectivity index (χ2v) is 3.78. The molecular formula is C10H17N3O6. The van der Waals surface area contributed by atoms with E-state index in [4.69, 9.17) is 10.8 Å². The summed E-state index contributed by atoms with van der Waals surface area (Å²) in [4.78, 5) is 44.9. The highest BCUT2D eigenvalue weighted by atomic mass is 16.5. The van der Waals surface area contributed by atoms with Gasteiger partial charge in [0, 0.05) is 13.5 Å². The van der Waals surface area contributed by atoms with Gasteiger partial charge in [-0.05, 0) is 6.42 Å². The molecule has 0 heterocycles. The molecule has 3 amide bonds. The van der Waals surface area contributed by atoms with Gasteiger partial charge in [-0.1, -0.05) is 0 Å². The van der Waals surface area contributed by atoms with Crippen LogP contribution >= 0.6 is 0 Å². The van der Waals surface area contributed by atoms with Crippen molar-refractivity contribution in [2.75, 3.05) is 20.7 Å². The van der Waals surface area contributed by atoms with Crippen molar-refractivity contribution >= 4 is 23.9 Å². The van der Waals surface area contributed by atoms with Crippen LogP contribution in [0.25, 0.3) is 0 Å². The first-order valence-corrected chi connectivity index (χ1v) is 5.37. The largest absolute Gasteiger partial charge is 0.480 e. The number of carboxylic acid groups (broad SMARTS) is 1. The van der Waals surface area contributed by atoms with Crippen LogP contribution in [0.1, 0.15) is 12.8 Å². The lowest BCUT2D eigenvalue weighted by Gasteiger charge is -2.20. The van der Waals surface area contributed by atoms with Crippen LogP contribution in [0, 0.1) is 0 Å². The quantitative estimate of drug-likeness (QED) is 0.484. The number of nitrogens with one attached hydrogen (secondary N) is 1. The molecule has 0 aromatic heterocycles. The van der Waals surface area contributed by atoms with Crippen molar-refractivity contribution in [1.82, 2.24) is 10.2 Å². The van der Waals surface area contributed by atoms with Gasteiger partial charge in [0.1, 0.15) is 12.6 Å². The molecule has 0 fully saturated rings. The summed E-state index contributed by atoms with van der Waals surface area (Å²) in [7, 11) is 2.47. The number of esters is 1. The third-order valence-corrected chi connectivity index (χ3v) is 2.22. The maximum atomic E-state index is 11.6. The number of ether oxygens (including phenoxy) is 1. The van der Waals surface area contributed by atoms with Crippen molar-refractivity contribution in [3.05, 3.63) is 0 Å². The van der Waals surface area contributed by atoms with E-state index in [0.717, 1.165) is 4.90 Å². The van der Waals surface area contributed by atoms with Crippen molar-refractivity contribution < 1.29 is 29.0 Å². The molecule has 0 unspecified atom stereocenters. The second-order valence-electron chi connectivity index (χ2n) is 3.78. The van der Waals surface area contributed by atoms with E-state index >= 15 is 0 Å². The molecule has 0 saturated carbocycles. The molecule has 0 aliphatic heterocycles. The first kappa shape index (κ1) is 16.7. The Hall–Kier alpha value is -2.32. The molecule has 1 atom stereocenters. The van der Waals surface area contributed by atoms with Crippen LogP contribution in [0.3, 0.4) is 0 Å². The summed E-state index contributed by atoms with van der Waals surface area (Å²) in [6.45, 7) is -0.315. The van der Waals surface area contributed by atoms with E-state index in [1.807, 2.05) is 0 Å². The van der Waals surface area contributed by atoms with Crippen LogP contribution in [0.2, 0.25) is 0 Å². The standard InChI is InChI=1S/C10H17N3O6/c1-13(5-8(15)19-2)10(18)12-6(9(16)17)3-4-7(11)14/h6H,3-5H2,1-2H3,(H2,11,14)(H,12,18)(H,16,17)/t6-/m0/s1. The van der Waals surface area contributed by atoms with Crippen LogP contribution in [0.4, 0.5) is 4.79 Å². The summed E-state index contributed by atoms with van der Waals surface area (Å²) >= 11 is 0. The zero-order valence-corrected chi connectivity index (χ0v) is 10.7. The number of hydrogen-bond donors (Lipinski definition) is 3. The number of urea groups is 1. The fourth-order valence-electron chi connectivity index (χ4n) is 1.13. The van der Waals surface area contributed by atoms with Gasteiger partial charge in [0.2, 0.25) is 5.91 Å². The normalized spacial score (nSPS) is 11.3. The van der Waals surface area contributed by atoms with Crippen molar-refractivity contribution in [3.63, 3.8) is 0 Å². The summed E-state index contributed by atoms with van der Waals surface area (Å²) in [5.41, 5.74) is 4.90. The number of hydrogen-bond acceptors (Lipinski definition) is 5. The van der Waals surface area contributed by atoms with Gasteiger partial charge < -0.3 is 25.8 Å². The number of carboxylic acids is 1. The Morgan fingerprint density at radius 2 is 1.95 bits per heavy atom. The Labute approximate surface area is 109 Å².